The van der Waals surface area contributed by atoms with Crippen molar-refractivity contribution in [3.63, 3.8) is 0 Å². The zero-order valence-electron chi connectivity index (χ0n) is 28.1. The molecule has 0 aliphatic carbocycles. The molecule has 2 aromatic heterocycles. The number of unbranched alkanes of at least 4 members (excludes halogenated alkanes) is 3. The fraction of sp³-hybridized carbons (Fsp3) is 0.149. The van der Waals surface area contributed by atoms with Crippen molar-refractivity contribution in [2.24, 2.45) is 0 Å². The molecule has 0 atom stereocenters. The lowest BCUT2D eigenvalue weighted by molar-refractivity contribution is 0.667. The zero-order valence-corrected chi connectivity index (χ0v) is 29.7. The Labute approximate surface area is 295 Å². The van der Waals surface area contributed by atoms with E-state index < -0.39 is 0 Å². The maximum Gasteiger partial charge on any atom is 0.0355 e. The van der Waals surface area contributed by atoms with Gasteiger partial charge in [-0.1, -0.05) is 68.7 Å². The molecule has 0 N–H and O–H groups in total. The molecule has 7 aromatic carbocycles. The lowest BCUT2D eigenvalue weighted by Crippen LogP contribution is -1.87. The van der Waals surface area contributed by atoms with E-state index in [4.69, 9.17) is 0 Å². The largest absolute Gasteiger partial charge is 0.136 e. The summed E-state index contributed by atoms with van der Waals surface area (Å²) in [7, 11) is 0. The molecule has 0 bridgehead atoms. The highest BCUT2D eigenvalue weighted by Gasteiger charge is 2.08. The van der Waals surface area contributed by atoms with E-state index in [1.807, 2.05) is 22.7 Å². The van der Waals surface area contributed by atoms with Crippen LogP contribution < -0.4 is 0 Å². The predicted molar refractivity (Wildman–Crippen MR) is 223 cm³/mol. The molecule has 9 aromatic rings. The van der Waals surface area contributed by atoms with Gasteiger partial charge in [-0.2, -0.15) is 0 Å². The monoisotopic (exact) mass is 666 g/mol. The number of allylic oxidation sites excluding steroid dienone is 1. The quantitative estimate of drug-likeness (QED) is 0.112. The molecule has 0 amide bonds. The highest BCUT2D eigenvalue weighted by molar-refractivity contribution is 7.20. The van der Waals surface area contributed by atoms with Gasteiger partial charge in [0, 0.05) is 19.2 Å². The Kier molecular flexibility index (Phi) is 7.80. The summed E-state index contributed by atoms with van der Waals surface area (Å²) in [5, 5.41) is 15.7. The summed E-state index contributed by atoms with van der Waals surface area (Å²) >= 11 is 3.73. The van der Waals surface area contributed by atoms with Crippen LogP contribution in [0.25, 0.3) is 92.3 Å². The summed E-state index contributed by atoms with van der Waals surface area (Å²) in [6.07, 6.45) is 15.3. The molecule has 2 heterocycles. The van der Waals surface area contributed by atoms with Gasteiger partial charge in [-0.05, 0) is 187 Å². The lowest BCUT2D eigenvalue weighted by Gasteiger charge is -2.08. The first-order valence-corrected chi connectivity index (χ1v) is 19.3. The maximum atomic E-state index is 2.40. The Morgan fingerprint density at radius 2 is 0.939 bits per heavy atom. The predicted octanol–water partition coefficient (Wildman–Crippen LogP) is 15.2. The Morgan fingerprint density at radius 3 is 1.55 bits per heavy atom. The third kappa shape index (κ3) is 5.94. The smallest absolute Gasteiger partial charge is 0.0355 e. The summed E-state index contributed by atoms with van der Waals surface area (Å²) in [4.78, 5) is 2.59. The Morgan fingerprint density at radius 1 is 0.429 bits per heavy atom. The fourth-order valence-electron chi connectivity index (χ4n) is 7.46. The minimum Gasteiger partial charge on any atom is -0.136 e. The summed E-state index contributed by atoms with van der Waals surface area (Å²) in [5.74, 6) is 0. The summed E-state index contributed by atoms with van der Waals surface area (Å²) < 4.78 is 2.68. The average Bonchev–Trinajstić information content (AvgIpc) is 3.69. The third-order valence-corrected chi connectivity index (χ3v) is 12.2. The van der Waals surface area contributed by atoms with Gasteiger partial charge >= 0.3 is 0 Å². The van der Waals surface area contributed by atoms with Crippen LogP contribution in [0, 0.1) is 0 Å². The standard InChI is InChI=1S/C47H38S2/c1-3-5-6-7-9-30-10-13-32-18-37-21-35-17-31(11-14-33(35)19-36(37)20-34(32)16-30)12-15-45-27-43-25-39-23-40-28-46-42(26-44(48-46)8-4-2)24-38(40)22-41(39)29-47(43)49-45/h4,8,10-29H,3,5-7,9H2,1-2H3. The molecule has 0 spiro atoms. The summed E-state index contributed by atoms with van der Waals surface area (Å²) in [6, 6.07) is 42.1. The Hall–Kier alpha value is -4.76. The fourth-order valence-corrected chi connectivity index (χ4v) is 9.52. The summed E-state index contributed by atoms with van der Waals surface area (Å²) in [6.45, 7) is 4.36. The van der Waals surface area contributed by atoms with Crippen LogP contribution in [-0.4, -0.2) is 0 Å². The van der Waals surface area contributed by atoms with Gasteiger partial charge in [0.15, 0.2) is 0 Å². The first-order valence-electron chi connectivity index (χ1n) is 17.6. The molecule has 0 unspecified atom stereocenters. The topological polar surface area (TPSA) is 0 Å². The van der Waals surface area contributed by atoms with E-state index in [0.717, 1.165) is 0 Å². The molecule has 0 fully saturated rings. The van der Waals surface area contributed by atoms with E-state index in [2.05, 4.69) is 147 Å². The normalized spacial score (nSPS) is 12.5. The molecule has 2 heteroatoms. The number of aryl methyl sites for hydroxylation is 1. The first-order chi connectivity index (χ1) is 24.1. The molecule has 0 saturated carbocycles. The molecule has 49 heavy (non-hydrogen) atoms. The number of fused-ring (bicyclic) bond motifs is 7. The minimum atomic E-state index is 1.18. The number of rotatable bonds is 8. The van der Waals surface area contributed by atoms with Crippen molar-refractivity contribution in [3.8, 4) is 0 Å². The van der Waals surface area contributed by atoms with Crippen molar-refractivity contribution in [2.45, 2.75) is 46.0 Å². The highest BCUT2D eigenvalue weighted by Crippen LogP contribution is 2.36. The van der Waals surface area contributed by atoms with E-state index in [1.54, 1.807) is 0 Å². The Bertz CT molecular complexity index is 2680. The molecule has 0 aliphatic heterocycles. The summed E-state index contributed by atoms with van der Waals surface area (Å²) in [5.41, 5.74) is 2.69. The molecule has 0 radical (unpaired) electrons. The number of hydrogen-bond donors (Lipinski definition) is 0. The average molecular weight is 667 g/mol. The van der Waals surface area contributed by atoms with Gasteiger partial charge in [-0.25, -0.2) is 0 Å². The van der Waals surface area contributed by atoms with Crippen LogP contribution in [0.15, 0.2) is 115 Å². The molecule has 0 saturated heterocycles. The van der Waals surface area contributed by atoms with Crippen LogP contribution in [0.2, 0.25) is 0 Å². The van der Waals surface area contributed by atoms with Gasteiger partial charge in [-0.15, -0.1) is 22.7 Å². The van der Waals surface area contributed by atoms with Gasteiger partial charge in [0.1, 0.15) is 0 Å². The molecular formula is C47H38S2. The van der Waals surface area contributed by atoms with Crippen LogP contribution >= 0.6 is 22.7 Å². The second-order valence-corrected chi connectivity index (χ2v) is 15.8. The van der Waals surface area contributed by atoms with Crippen molar-refractivity contribution >= 4 is 115 Å². The van der Waals surface area contributed by atoms with Crippen molar-refractivity contribution in [2.75, 3.05) is 0 Å². The number of thiophene rings is 2. The second-order valence-electron chi connectivity index (χ2n) is 13.6. The third-order valence-electron chi connectivity index (χ3n) is 10.0. The SMILES string of the molecule is CC=Cc1cc2cc3cc4cc5sc(C=Cc6ccc7cc8cc9cc(CCCCCC)ccc9cc8cc7c6)cc5cc4cc3cc2s1. The van der Waals surface area contributed by atoms with Crippen molar-refractivity contribution in [3.05, 3.63) is 136 Å². The molecule has 0 aliphatic rings. The molecule has 238 valence electrons. The van der Waals surface area contributed by atoms with E-state index >= 15 is 0 Å². The van der Waals surface area contributed by atoms with Crippen LogP contribution in [0.5, 0.6) is 0 Å². The molecule has 9 rings (SSSR count). The van der Waals surface area contributed by atoms with Gasteiger partial charge in [0.2, 0.25) is 0 Å². The lowest BCUT2D eigenvalue weighted by atomic mass is 9.96. The van der Waals surface area contributed by atoms with E-state index in [0.29, 0.717) is 0 Å². The van der Waals surface area contributed by atoms with Crippen molar-refractivity contribution in [1.82, 2.24) is 0 Å². The van der Waals surface area contributed by atoms with Gasteiger partial charge < -0.3 is 0 Å². The number of benzene rings is 7. The molecule has 0 nitrogen and oxygen atoms in total. The van der Waals surface area contributed by atoms with Crippen LogP contribution in [0.3, 0.4) is 0 Å². The van der Waals surface area contributed by atoms with Gasteiger partial charge in [-0.3, -0.25) is 0 Å². The van der Waals surface area contributed by atoms with Crippen molar-refractivity contribution in [1.29, 1.82) is 0 Å². The molecular weight excluding hydrogens is 629 g/mol. The van der Waals surface area contributed by atoms with Crippen LogP contribution in [0.4, 0.5) is 0 Å². The van der Waals surface area contributed by atoms with E-state index in [9.17, 15) is 0 Å². The zero-order chi connectivity index (χ0) is 32.9. The minimum absolute atomic E-state index is 1.18. The first kappa shape index (κ1) is 30.3. The van der Waals surface area contributed by atoms with Gasteiger partial charge in [0.05, 0.1) is 0 Å². The number of hydrogen-bond acceptors (Lipinski definition) is 2. The van der Waals surface area contributed by atoms with Gasteiger partial charge in [0.25, 0.3) is 0 Å². The van der Waals surface area contributed by atoms with E-state index in [-0.39, 0.29) is 0 Å². The van der Waals surface area contributed by atoms with Crippen LogP contribution in [-0.2, 0) is 6.42 Å². The maximum absolute atomic E-state index is 2.40. The Balaban J connectivity index is 0.994. The highest BCUT2D eigenvalue weighted by atomic mass is 32.1. The van der Waals surface area contributed by atoms with E-state index in [1.165, 1.54) is 127 Å². The second kappa shape index (κ2) is 12.6. The van der Waals surface area contributed by atoms with Crippen LogP contribution in [0.1, 0.15) is 60.4 Å². The van der Waals surface area contributed by atoms with Crippen molar-refractivity contribution < 1.29 is 0 Å².